The highest BCUT2D eigenvalue weighted by atomic mass is 79.9. The summed E-state index contributed by atoms with van der Waals surface area (Å²) in [5, 5.41) is 2.53. The van der Waals surface area contributed by atoms with E-state index >= 15 is 0 Å². The number of urea groups is 1. The van der Waals surface area contributed by atoms with Crippen molar-refractivity contribution >= 4 is 33.8 Å². The molecule has 0 unspecified atom stereocenters. The first-order chi connectivity index (χ1) is 17.4. The maximum atomic E-state index is 13.4. The molecular weight excluding hydrogens is 528 g/mol. The molecule has 0 fully saturated rings. The lowest BCUT2D eigenvalue weighted by Crippen LogP contribution is -2.49. The Morgan fingerprint density at radius 1 is 1.06 bits per heavy atom. The minimum Gasteiger partial charge on any atom is -0.465 e. The first-order valence-electron chi connectivity index (χ1n) is 12.2. The number of unbranched alkanes of at least 4 members (excludes halogenated alkanes) is 1. The Hall–Kier alpha value is -2.85. The number of benzene rings is 1. The average Bonchev–Trinajstić information content (AvgIpc) is 3.30. The highest BCUT2D eigenvalue weighted by Crippen LogP contribution is 2.15. The van der Waals surface area contributed by atoms with Gasteiger partial charge in [0.05, 0.1) is 19.8 Å². The fraction of sp³-hybridized carbons (Fsp3) is 0.500. The fourth-order valence-electron chi connectivity index (χ4n) is 3.56. The molecule has 1 aromatic heterocycles. The lowest BCUT2D eigenvalue weighted by Gasteiger charge is -2.28. The fourth-order valence-corrected chi connectivity index (χ4v) is 3.82. The van der Waals surface area contributed by atoms with Gasteiger partial charge in [-0.05, 0) is 43.2 Å². The number of nitrogens with zero attached hydrogens (tertiary/aromatic N) is 3. The van der Waals surface area contributed by atoms with Crippen molar-refractivity contribution in [2.45, 2.75) is 39.8 Å². The molecule has 0 aliphatic carbocycles. The first kappa shape index (κ1) is 29.4. The normalized spacial score (nSPS) is 10.7. The van der Waals surface area contributed by atoms with Crippen LogP contribution < -0.4 is 5.32 Å². The zero-order chi connectivity index (χ0) is 26.3. The molecule has 0 atom stereocenters. The minimum absolute atomic E-state index is 0.116. The lowest BCUT2D eigenvalue weighted by atomic mass is 10.2. The number of hydrogen-bond acceptors (Lipinski definition) is 5. The van der Waals surface area contributed by atoms with E-state index in [4.69, 9.17) is 9.47 Å². The summed E-state index contributed by atoms with van der Waals surface area (Å²) < 4.78 is 13.1. The van der Waals surface area contributed by atoms with Gasteiger partial charge in [0.2, 0.25) is 5.91 Å². The van der Waals surface area contributed by atoms with Crippen LogP contribution in [0.5, 0.6) is 0 Å². The topological polar surface area (TPSA) is 93.1 Å². The number of carbonyl (C=O) groups excluding carboxylic acids is 3. The Morgan fingerprint density at radius 3 is 2.47 bits per heavy atom. The van der Waals surface area contributed by atoms with Crippen LogP contribution in [0.4, 0.5) is 4.79 Å². The SMILES string of the molecule is CCCCN(Cc1cccn1Cc1ccc(Br)cc1)C(=O)CN(CCOC)C(=O)NCC(=O)OCC. The van der Waals surface area contributed by atoms with E-state index in [0.717, 1.165) is 28.6 Å². The molecule has 2 aromatic rings. The van der Waals surface area contributed by atoms with Crippen LogP contribution in [0.15, 0.2) is 47.1 Å². The quantitative estimate of drug-likeness (QED) is 0.333. The second-order valence-corrected chi connectivity index (χ2v) is 9.22. The summed E-state index contributed by atoms with van der Waals surface area (Å²) in [6.07, 6.45) is 3.80. The Kier molecular flexibility index (Phi) is 13.1. The number of ether oxygens (including phenoxy) is 2. The van der Waals surface area contributed by atoms with Crippen molar-refractivity contribution in [3.8, 4) is 0 Å². The molecule has 1 aromatic carbocycles. The Bertz CT molecular complexity index is 963. The molecule has 0 saturated heterocycles. The molecule has 1 heterocycles. The minimum atomic E-state index is -0.528. The third kappa shape index (κ3) is 10.0. The summed E-state index contributed by atoms with van der Waals surface area (Å²) in [4.78, 5) is 40.8. The molecule has 1 N–H and O–H groups in total. The highest BCUT2D eigenvalue weighted by Gasteiger charge is 2.22. The smallest absolute Gasteiger partial charge is 0.325 e. The first-order valence-corrected chi connectivity index (χ1v) is 13.0. The summed E-state index contributed by atoms with van der Waals surface area (Å²) in [7, 11) is 1.53. The number of nitrogens with one attached hydrogen (secondary N) is 1. The average molecular weight is 566 g/mol. The van der Waals surface area contributed by atoms with Gasteiger partial charge < -0.3 is 29.2 Å². The summed E-state index contributed by atoms with van der Waals surface area (Å²) in [6, 6.07) is 11.6. The van der Waals surface area contributed by atoms with Crippen molar-refractivity contribution < 1.29 is 23.9 Å². The molecule has 0 spiro atoms. The van der Waals surface area contributed by atoms with E-state index in [1.165, 1.54) is 12.0 Å². The van der Waals surface area contributed by atoms with Crippen LogP contribution in [0.3, 0.4) is 0 Å². The van der Waals surface area contributed by atoms with Gasteiger partial charge in [-0.2, -0.15) is 0 Å². The molecule has 0 aliphatic rings. The van der Waals surface area contributed by atoms with E-state index in [-0.39, 0.29) is 38.8 Å². The number of amides is 3. The molecular formula is C26H37BrN4O5. The highest BCUT2D eigenvalue weighted by molar-refractivity contribution is 9.10. The van der Waals surface area contributed by atoms with E-state index in [1.54, 1.807) is 11.8 Å². The summed E-state index contributed by atoms with van der Waals surface area (Å²) in [5.74, 6) is -0.692. The van der Waals surface area contributed by atoms with Gasteiger partial charge in [0.25, 0.3) is 0 Å². The maximum absolute atomic E-state index is 13.4. The molecule has 10 heteroatoms. The van der Waals surface area contributed by atoms with Crippen molar-refractivity contribution in [3.05, 3.63) is 58.3 Å². The van der Waals surface area contributed by atoms with Crippen molar-refractivity contribution in [2.75, 3.05) is 46.5 Å². The predicted octanol–water partition coefficient (Wildman–Crippen LogP) is 3.65. The van der Waals surface area contributed by atoms with Gasteiger partial charge in [-0.3, -0.25) is 9.59 Å². The third-order valence-corrected chi connectivity index (χ3v) is 6.07. The zero-order valence-corrected chi connectivity index (χ0v) is 23.0. The number of esters is 1. The molecule has 0 saturated carbocycles. The summed E-state index contributed by atoms with van der Waals surface area (Å²) >= 11 is 3.47. The van der Waals surface area contributed by atoms with E-state index in [9.17, 15) is 14.4 Å². The third-order valence-electron chi connectivity index (χ3n) is 5.54. The Morgan fingerprint density at radius 2 is 1.81 bits per heavy atom. The summed E-state index contributed by atoms with van der Waals surface area (Å²) in [6.45, 7) is 5.84. The van der Waals surface area contributed by atoms with Gasteiger partial charge in [-0.15, -0.1) is 0 Å². The van der Waals surface area contributed by atoms with Crippen molar-refractivity contribution in [1.29, 1.82) is 0 Å². The zero-order valence-electron chi connectivity index (χ0n) is 21.4. The second-order valence-electron chi connectivity index (χ2n) is 8.30. The van der Waals surface area contributed by atoms with Crippen molar-refractivity contribution in [1.82, 2.24) is 19.7 Å². The van der Waals surface area contributed by atoms with E-state index in [1.807, 2.05) is 30.5 Å². The van der Waals surface area contributed by atoms with Gasteiger partial charge in [-0.25, -0.2) is 4.79 Å². The van der Waals surface area contributed by atoms with Crippen LogP contribution in [-0.4, -0.2) is 78.8 Å². The van der Waals surface area contributed by atoms with Crippen LogP contribution in [0.1, 0.15) is 37.9 Å². The number of rotatable bonds is 15. The number of methoxy groups -OCH3 is 1. The molecule has 3 amide bonds. The second kappa shape index (κ2) is 16.0. The van der Waals surface area contributed by atoms with Gasteiger partial charge in [0.15, 0.2) is 0 Å². The molecule has 0 bridgehead atoms. The molecule has 0 aliphatic heterocycles. The van der Waals surface area contributed by atoms with Gasteiger partial charge >= 0.3 is 12.0 Å². The summed E-state index contributed by atoms with van der Waals surface area (Å²) in [5.41, 5.74) is 2.17. The lowest BCUT2D eigenvalue weighted by molar-refractivity contribution is -0.141. The molecule has 2 rings (SSSR count). The molecule has 0 radical (unpaired) electrons. The van der Waals surface area contributed by atoms with Crippen LogP contribution in [-0.2, 0) is 32.2 Å². The van der Waals surface area contributed by atoms with Crippen LogP contribution in [0.2, 0.25) is 0 Å². The molecule has 9 nitrogen and oxygen atoms in total. The predicted molar refractivity (Wildman–Crippen MR) is 141 cm³/mol. The Labute approximate surface area is 221 Å². The van der Waals surface area contributed by atoms with Gasteiger partial charge in [0.1, 0.15) is 13.1 Å². The number of carbonyl (C=O) groups is 3. The van der Waals surface area contributed by atoms with Gasteiger partial charge in [-0.1, -0.05) is 41.4 Å². The number of halogens is 1. The van der Waals surface area contributed by atoms with Crippen molar-refractivity contribution in [2.24, 2.45) is 0 Å². The van der Waals surface area contributed by atoms with Crippen LogP contribution in [0, 0.1) is 0 Å². The molecule has 36 heavy (non-hydrogen) atoms. The van der Waals surface area contributed by atoms with Crippen LogP contribution in [0.25, 0.3) is 0 Å². The van der Waals surface area contributed by atoms with Crippen LogP contribution >= 0.6 is 15.9 Å². The van der Waals surface area contributed by atoms with Crippen molar-refractivity contribution in [3.63, 3.8) is 0 Å². The van der Waals surface area contributed by atoms with E-state index < -0.39 is 12.0 Å². The van der Waals surface area contributed by atoms with Gasteiger partial charge in [0, 0.05) is 43.1 Å². The number of aromatic nitrogens is 1. The van der Waals surface area contributed by atoms with E-state index in [0.29, 0.717) is 19.6 Å². The van der Waals surface area contributed by atoms with E-state index in [2.05, 4.69) is 44.9 Å². The Balaban J connectivity index is 2.10. The monoisotopic (exact) mass is 564 g/mol. The molecule has 198 valence electrons. The number of hydrogen-bond donors (Lipinski definition) is 1. The largest absolute Gasteiger partial charge is 0.465 e. The maximum Gasteiger partial charge on any atom is 0.325 e. The standard InChI is InChI=1S/C26H37BrN4O5/c1-4-6-13-30(19-23-8-7-14-29(23)18-21-9-11-22(27)12-10-21)24(32)20-31(15-16-35-3)26(34)28-17-25(33)36-5-2/h7-12,14H,4-6,13,15-20H2,1-3H3,(H,28,34).